The summed E-state index contributed by atoms with van der Waals surface area (Å²) in [6.07, 6.45) is 4.69. The minimum Gasteiger partial charge on any atom is -0.508 e. The maximum atomic E-state index is 12.2. The summed E-state index contributed by atoms with van der Waals surface area (Å²) in [4.78, 5) is 12.2. The van der Waals surface area contributed by atoms with Crippen LogP contribution in [0.2, 0.25) is 5.02 Å². The number of carbonyl (C=O) groups excluding carboxylic acids is 1. The molecule has 0 heterocycles. The van der Waals surface area contributed by atoms with Crippen LogP contribution in [0.5, 0.6) is 11.5 Å². The van der Waals surface area contributed by atoms with Gasteiger partial charge in [0, 0.05) is 16.7 Å². The number of hydrogen-bond acceptors (Lipinski definition) is 3. The number of benzene rings is 2. The van der Waals surface area contributed by atoms with Crippen LogP contribution in [-0.4, -0.2) is 18.1 Å². The molecule has 5 heteroatoms. The molecular weight excluding hydrogens is 326 g/mol. The lowest BCUT2D eigenvalue weighted by molar-refractivity contribution is -0.117. The summed E-state index contributed by atoms with van der Waals surface area (Å²) >= 11 is 5.98. The van der Waals surface area contributed by atoms with E-state index in [-0.39, 0.29) is 11.9 Å². The maximum absolute atomic E-state index is 12.2. The van der Waals surface area contributed by atoms with Gasteiger partial charge in [0.1, 0.15) is 11.5 Å². The van der Waals surface area contributed by atoms with Crippen molar-refractivity contribution in [1.82, 2.24) is 5.32 Å². The summed E-state index contributed by atoms with van der Waals surface area (Å²) in [6, 6.07) is 10.6. The van der Waals surface area contributed by atoms with Gasteiger partial charge in [0.2, 0.25) is 5.91 Å². The highest BCUT2D eigenvalue weighted by Crippen LogP contribution is 2.36. The Labute approximate surface area is 145 Å². The second-order valence-electron chi connectivity index (χ2n) is 5.66. The Hall–Kier alpha value is -2.46. The molecule has 0 saturated carbocycles. The first-order chi connectivity index (χ1) is 11.6. The lowest BCUT2D eigenvalue weighted by Gasteiger charge is -2.13. The molecule has 2 aromatic rings. The van der Waals surface area contributed by atoms with Crippen molar-refractivity contribution in [1.29, 1.82) is 0 Å². The minimum atomic E-state index is -0.196. The highest BCUT2D eigenvalue weighted by atomic mass is 35.5. The molecule has 0 spiro atoms. The monoisotopic (exact) mass is 343 g/mol. The molecule has 0 saturated heterocycles. The molecule has 0 aliphatic heterocycles. The van der Waals surface area contributed by atoms with Gasteiger partial charge in [-0.1, -0.05) is 23.7 Å². The van der Waals surface area contributed by atoms with E-state index in [1.165, 1.54) is 6.08 Å². The normalized spacial score (nSPS) is 16.2. The summed E-state index contributed by atoms with van der Waals surface area (Å²) in [5, 5.41) is 13.4. The van der Waals surface area contributed by atoms with Crippen molar-refractivity contribution in [3.8, 4) is 11.5 Å². The number of aromatic hydroxyl groups is 1. The fraction of sp³-hybridized carbons (Fsp3) is 0.211. The first-order valence-corrected chi connectivity index (χ1v) is 8.09. The van der Waals surface area contributed by atoms with Crippen LogP contribution >= 0.6 is 11.6 Å². The van der Waals surface area contributed by atoms with Gasteiger partial charge in [-0.15, -0.1) is 0 Å². The van der Waals surface area contributed by atoms with Crippen molar-refractivity contribution in [3.05, 3.63) is 64.2 Å². The van der Waals surface area contributed by atoms with Gasteiger partial charge in [0.15, 0.2) is 0 Å². The highest BCUT2D eigenvalue weighted by molar-refractivity contribution is 6.30. The first kappa shape index (κ1) is 16.4. The Bertz CT molecular complexity index is 801. The van der Waals surface area contributed by atoms with Gasteiger partial charge in [-0.3, -0.25) is 4.79 Å². The van der Waals surface area contributed by atoms with Crippen LogP contribution in [-0.2, 0) is 11.2 Å². The van der Waals surface area contributed by atoms with E-state index >= 15 is 0 Å². The average molecular weight is 344 g/mol. The van der Waals surface area contributed by atoms with Gasteiger partial charge in [-0.25, -0.2) is 0 Å². The average Bonchev–Trinajstić information content (AvgIpc) is 2.97. The van der Waals surface area contributed by atoms with Crippen LogP contribution in [0.3, 0.4) is 0 Å². The molecule has 0 bridgehead atoms. The first-order valence-electron chi connectivity index (χ1n) is 7.71. The molecule has 0 radical (unpaired) electrons. The van der Waals surface area contributed by atoms with Crippen molar-refractivity contribution < 1.29 is 14.6 Å². The molecular formula is C19H18ClNO3. The molecule has 0 aromatic heterocycles. The highest BCUT2D eigenvalue weighted by Gasteiger charge is 2.25. The standard InChI is InChI=1S/C19H18ClNO3/c1-24-18-9-6-13(20)11-12(18)5-10-19(23)21-16-8-7-15-14(16)3-2-4-17(15)22/h2-6,9-11,16,22H,7-8H2,1H3,(H,21,23)/b10-5+. The van der Waals surface area contributed by atoms with Gasteiger partial charge in [-0.05, 0) is 54.3 Å². The quantitative estimate of drug-likeness (QED) is 0.828. The number of halogens is 1. The predicted octanol–water partition coefficient (Wildman–Crippen LogP) is 3.87. The Balaban J connectivity index is 1.72. The second-order valence-corrected chi connectivity index (χ2v) is 6.10. The zero-order chi connectivity index (χ0) is 17.1. The minimum absolute atomic E-state index is 0.0782. The van der Waals surface area contributed by atoms with Crippen molar-refractivity contribution >= 4 is 23.6 Å². The summed E-state index contributed by atoms with van der Waals surface area (Å²) in [5.74, 6) is 0.751. The van der Waals surface area contributed by atoms with Crippen LogP contribution in [0.1, 0.15) is 29.2 Å². The second kappa shape index (κ2) is 6.97. The molecule has 3 rings (SSSR count). The summed E-state index contributed by atoms with van der Waals surface area (Å²) < 4.78 is 5.26. The zero-order valence-corrected chi connectivity index (χ0v) is 14.0. The molecule has 1 aliphatic rings. The zero-order valence-electron chi connectivity index (χ0n) is 13.3. The van der Waals surface area contributed by atoms with Crippen molar-refractivity contribution in [2.75, 3.05) is 7.11 Å². The third kappa shape index (κ3) is 3.39. The molecule has 24 heavy (non-hydrogen) atoms. The van der Waals surface area contributed by atoms with Crippen LogP contribution in [0.4, 0.5) is 0 Å². The molecule has 1 unspecified atom stereocenters. The van der Waals surface area contributed by atoms with Gasteiger partial charge in [0.25, 0.3) is 0 Å². The van der Waals surface area contributed by atoms with Gasteiger partial charge >= 0.3 is 0 Å². The molecule has 4 nitrogen and oxygen atoms in total. The molecule has 2 N–H and O–H groups in total. The number of amides is 1. The van der Waals surface area contributed by atoms with Crippen LogP contribution < -0.4 is 10.1 Å². The Morgan fingerprint density at radius 1 is 1.38 bits per heavy atom. The predicted molar refractivity (Wildman–Crippen MR) is 94.3 cm³/mol. The molecule has 0 fully saturated rings. The molecule has 1 atom stereocenters. The fourth-order valence-electron chi connectivity index (χ4n) is 3.01. The molecule has 2 aromatic carbocycles. The smallest absolute Gasteiger partial charge is 0.244 e. The van der Waals surface area contributed by atoms with Crippen molar-refractivity contribution in [2.24, 2.45) is 0 Å². The van der Waals surface area contributed by atoms with Crippen LogP contribution in [0.15, 0.2) is 42.5 Å². The van der Waals surface area contributed by atoms with E-state index in [4.69, 9.17) is 16.3 Å². The molecule has 124 valence electrons. The van der Waals surface area contributed by atoms with E-state index in [0.29, 0.717) is 16.5 Å². The van der Waals surface area contributed by atoms with Crippen LogP contribution in [0, 0.1) is 0 Å². The number of fused-ring (bicyclic) bond motifs is 1. The Morgan fingerprint density at radius 3 is 3.00 bits per heavy atom. The Kier molecular flexibility index (Phi) is 4.76. The summed E-state index contributed by atoms with van der Waals surface area (Å²) in [6.45, 7) is 0. The van der Waals surface area contributed by atoms with E-state index in [1.54, 1.807) is 43.5 Å². The summed E-state index contributed by atoms with van der Waals surface area (Å²) in [5.41, 5.74) is 2.64. The van der Waals surface area contributed by atoms with Crippen molar-refractivity contribution in [2.45, 2.75) is 18.9 Å². The number of ether oxygens (including phenoxy) is 1. The SMILES string of the molecule is COc1ccc(Cl)cc1/C=C/C(=O)NC1CCc2c(O)cccc21. The van der Waals surface area contributed by atoms with Crippen molar-refractivity contribution in [3.63, 3.8) is 0 Å². The third-order valence-electron chi connectivity index (χ3n) is 4.17. The number of hydrogen-bond donors (Lipinski definition) is 2. The van der Waals surface area contributed by atoms with E-state index in [2.05, 4.69) is 5.32 Å². The van der Waals surface area contributed by atoms with Crippen LogP contribution in [0.25, 0.3) is 6.08 Å². The number of methoxy groups -OCH3 is 1. The van der Waals surface area contributed by atoms with Gasteiger partial charge in [-0.2, -0.15) is 0 Å². The topological polar surface area (TPSA) is 58.6 Å². The van der Waals surface area contributed by atoms with Gasteiger partial charge in [0.05, 0.1) is 13.2 Å². The van der Waals surface area contributed by atoms with Gasteiger partial charge < -0.3 is 15.2 Å². The van der Waals surface area contributed by atoms with E-state index < -0.39 is 0 Å². The maximum Gasteiger partial charge on any atom is 0.244 e. The number of rotatable bonds is 4. The molecule has 1 amide bonds. The van der Waals surface area contributed by atoms with E-state index in [0.717, 1.165) is 29.5 Å². The third-order valence-corrected chi connectivity index (χ3v) is 4.40. The number of nitrogens with one attached hydrogen (secondary N) is 1. The lowest BCUT2D eigenvalue weighted by Crippen LogP contribution is -2.25. The largest absolute Gasteiger partial charge is 0.508 e. The number of phenolic OH excluding ortho intramolecular Hbond substituents is 1. The lowest BCUT2D eigenvalue weighted by atomic mass is 10.1. The fourth-order valence-corrected chi connectivity index (χ4v) is 3.19. The molecule has 1 aliphatic carbocycles. The van der Waals surface area contributed by atoms with E-state index in [1.807, 2.05) is 6.07 Å². The van der Waals surface area contributed by atoms with E-state index in [9.17, 15) is 9.90 Å². The summed E-state index contributed by atoms with van der Waals surface area (Å²) in [7, 11) is 1.57. The Morgan fingerprint density at radius 2 is 2.21 bits per heavy atom. The number of carbonyl (C=O) groups is 1. The number of phenols is 1.